The number of aryl methyl sites for hydroxylation is 1. The van der Waals surface area contributed by atoms with Crippen molar-refractivity contribution in [1.29, 1.82) is 0 Å². The number of aromatic nitrogens is 7. The third-order valence-electron chi connectivity index (χ3n) is 4.72. The predicted molar refractivity (Wildman–Crippen MR) is 116 cm³/mol. The summed E-state index contributed by atoms with van der Waals surface area (Å²) in [6.45, 7) is 4.81. The molecular weight excluding hydrogens is 472 g/mol. The van der Waals surface area contributed by atoms with Crippen LogP contribution in [0.25, 0.3) is 0 Å². The molecule has 10 heteroatoms. The number of hydrogen-bond acceptors (Lipinski definition) is 4. The van der Waals surface area contributed by atoms with E-state index < -0.39 is 7.12 Å². The molecule has 0 fully saturated rings. The van der Waals surface area contributed by atoms with Crippen molar-refractivity contribution in [2.45, 2.75) is 46.1 Å². The maximum atomic E-state index is 5.54. The average molecular weight is 499 g/mol. The fraction of sp³-hybridized carbons (Fsp3) is 0.368. The van der Waals surface area contributed by atoms with Gasteiger partial charge in [-0.15, -0.1) is 0 Å². The van der Waals surface area contributed by atoms with Crippen LogP contribution in [0.2, 0.25) is 0 Å². The summed E-state index contributed by atoms with van der Waals surface area (Å²) < 4.78 is 8.25. The van der Waals surface area contributed by atoms with Crippen molar-refractivity contribution in [1.82, 2.24) is 33.6 Å². The summed E-state index contributed by atoms with van der Waals surface area (Å²) in [7, 11) is -1.32. The minimum absolute atomic E-state index is 0. The number of rotatable bonds is 4. The minimum Gasteiger partial charge on any atom is -0.403 e. The van der Waals surface area contributed by atoms with Gasteiger partial charge in [0, 0.05) is 38.4 Å². The van der Waals surface area contributed by atoms with E-state index in [0.29, 0.717) is 4.77 Å². The molecule has 0 aliphatic heterocycles. The van der Waals surface area contributed by atoms with Crippen LogP contribution in [0.1, 0.15) is 38.4 Å². The van der Waals surface area contributed by atoms with Gasteiger partial charge in [0.1, 0.15) is 5.82 Å². The first-order valence-electron chi connectivity index (χ1n) is 9.84. The quantitative estimate of drug-likeness (QED) is 0.314. The Morgan fingerprint density at radius 2 is 1.41 bits per heavy atom. The van der Waals surface area contributed by atoms with Crippen LogP contribution in [0.4, 0.5) is 0 Å². The number of nitrogens with zero attached hydrogens (tertiary/aromatic N) is 7. The van der Waals surface area contributed by atoms with Gasteiger partial charge in [-0.3, -0.25) is 0 Å². The van der Waals surface area contributed by atoms with Crippen LogP contribution < -0.4 is 0 Å². The Morgan fingerprint density at radius 3 is 1.76 bits per heavy atom. The second-order valence-electron chi connectivity index (χ2n) is 6.69. The predicted octanol–water partition coefficient (Wildman–Crippen LogP) is 3.47. The molecule has 157 valence electrons. The molecule has 4 rings (SSSR count). The Hall–Kier alpha value is -2.05. The summed E-state index contributed by atoms with van der Waals surface area (Å²) >= 11 is 5.54. The molecule has 7 nitrogen and oxygen atoms in total. The fourth-order valence-electron chi connectivity index (χ4n) is 3.31. The maximum absolute atomic E-state index is 5.54. The fourth-order valence-corrected chi connectivity index (χ4v) is 3.73. The van der Waals surface area contributed by atoms with E-state index in [2.05, 4.69) is 46.5 Å². The molecule has 29 heavy (non-hydrogen) atoms. The van der Waals surface area contributed by atoms with Crippen LogP contribution in [-0.2, 0) is 26.0 Å². The van der Waals surface area contributed by atoms with Crippen molar-refractivity contribution >= 4 is 19.3 Å². The van der Waals surface area contributed by atoms with Gasteiger partial charge in [-0.25, -0.2) is 10.2 Å². The summed E-state index contributed by atoms with van der Waals surface area (Å²) in [4.78, 5) is 0. The SMILES string of the molecule is C1=C\CC/C=C\CC/1.CCn1c(C)nn([BH-](n2cccn2)n2cccn2)c1=S.[Rh]. The molecule has 0 amide bonds. The smallest absolute Gasteiger partial charge is 0.328 e. The van der Waals surface area contributed by atoms with E-state index in [0.717, 1.165) is 12.4 Å². The zero-order chi connectivity index (χ0) is 19.8. The number of allylic oxidation sites excluding steroid dienone is 4. The molecule has 0 aromatic carbocycles. The zero-order valence-corrected chi connectivity index (χ0v) is 19.3. The summed E-state index contributed by atoms with van der Waals surface area (Å²) in [5.41, 5.74) is 0. The van der Waals surface area contributed by atoms with Crippen molar-refractivity contribution in [3.8, 4) is 0 Å². The first-order chi connectivity index (χ1) is 13.7. The second kappa shape index (κ2) is 11.8. The van der Waals surface area contributed by atoms with Gasteiger partial charge in [0.15, 0.2) is 4.77 Å². The molecule has 3 aromatic rings. The summed E-state index contributed by atoms with van der Waals surface area (Å²) in [5, 5.41) is 13.2. The van der Waals surface area contributed by atoms with Gasteiger partial charge in [-0.2, -0.15) is 5.10 Å². The summed E-state index contributed by atoms with van der Waals surface area (Å²) in [5.74, 6) is 0.898. The Morgan fingerprint density at radius 1 is 0.931 bits per heavy atom. The Labute approximate surface area is 190 Å². The van der Waals surface area contributed by atoms with E-state index in [4.69, 9.17) is 12.2 Å². The molecule has 0 saturated carbocycles. The second-order valence-corrected chi connectivity index (χ2v) is 7.05. The van der Waals surface area contributed by atoms with E-state index >= 15 is 0 Å². The van der Waals surface area contributed by atoms with Gasteiger partial charge in [-0.1, -0.05) is 24.3 Å². The van der Waals surface area contributed by atoms with Crippen LogP contribution in [0.3, 0.4) is 0 Å². The standard InChI is InChI=1S/C11H15BN7S.C8H12.Rh/c1-3-16-10(2)15-19(11(16)20)12(17-8-4-6-13-17)18-9-5-7-14-18;1-2-4-6-8-7-5-3-1;/h4-9,12H,3H2,1-2H3;1-2,7-8H,3-6H2;/q-1;;/b;2-1-,8-7-;. The topological polar surface area (TPSA) is 58.4 Å². The first kappa shape index (κ1) is 23.2. The van der Waals surface area contributed by atoms with Gasteiger partial charge >= 0.3 is 7.12 Å². The van der Waals surface area contributed by atoms with Crippen LogP contribution in [-0.4, -0.2) is 40.8 Å². The molecule has 0 saturated heterocycles. The van der Waals surface area contributed by atoms with Gasteiger partial charge < -0.3 is 18.3 Å². The van der Waals surface area contributed by atoms with Crippen LogP contribution in [0.15, 0.2) is 61.2 Å². The Kier molecular flexibility index (Phi) is 9.48. The molecule has 0 atom stereocenters. The van der Waals surface area contributed by atoms with Gasteiger partial charge in [-0.05, 0) is 76.3 Å². The maximum Gasteiger partial charge on any atom is 0.328 e. The first-order valence-corrected chi connectivity index (χ1v) is 10.2. The molecule has 1 radical (unpaired) electrons. The molecule has 0 unspecified atom stereocenters. The van der Waals surface area contributed by atoms with E-state index in [1.807, 2.05) is 49.8 Å². The van der Waals surface area contributed by atoms with E-state index in [1.54, 1.807) is 12.4 Å². The Balaban J connectivity index is 0.000000283. The van der Waals surface area contributed by atoms with Crippen molar-refractivity contribution < 1.29 is 19.5 Å². The van der Waals surface area contributed by atoms with E-state index in [9.17, 15) is 0 Å². The normalized spacial score (nSPS) is 15.6. The molecule has 1 aliphatic carbocycles. The van der Waals surface area contributed by atoms with E-state index in [-0.39, 0.29) is 19.5 Å². The zero-order valence-electron chi connectivity index (χ0n) is 16.9. The van der Waals surface area contributed by atoms with E-state index in [1.165, 1.54) is 25.7 Å². The van der Waals surface area contributed by atoms with Gasteiger partial charge in [0.2, 0.25) is 0 Å². The Bertz CT molecular complexity index is 897. The van der Waals surface area contributed by atoms with Gasteiger partial charge in [0.05, 0.1) is 0 Å². The molecule has 0 spiro atoms. The third kappa shape index (κ3) is 5.97. The minimum atomic E-state index is -1.32. The monoisotopic (exact) mass is 499 g/mol. The largest absolute Gasteiger partial charge is 0.403 e. The molecular formula is C19H27BN7RhS-. The van der Waals surface area contributed by atoms with Crippen molar-refractivity contribution in [2.75, 3.05) is 0 Å². The van der Waals surface area contributed by atoms with Crippen LogP contribution in [0.5, 0.6) is 0 Å². The van der Waals surface area contributed by atoms with Crippen LogP contribution in [0, 0.1) is 11.7 Å². The molecule has 3 heterocycles. The van der Waals surface area contributed by atoms with Crippen molar-refractivity contribution in [2.24, 2.45) is 0 Å². The average Bonchev–Trinajstić information content (AvgIpc) is 3.40. The molecule has 0 N–H and O–H groups in total. The van der Waals surface area contributed by atoms with Gasteiger partial charge in [0.25, 0.3) is 0 Å². The number of hydrogen-bond donors (Lipinski definition) is 0. The summed E-state index contributed by atoms with van der Waals surface area (Å²) in [6, 6.07) is 3.77. The van der Waals surface area contributed by atoms with Crippen molar-refractivity contribution in [3.63, 3.8) is 0 Å². The van der Waals surface area contributed by atoms with Crippen molar-refractivity contribution in [3.05, 3.63) is 71.8 Å². The third-order valence-corrected chi connectivity index (χ3v) is 5.15. The summed E-state index contributed by atoms with van der Waals surface area (Å²) in [6.07, 6.45) is 21.3. The molecule has 0 bridgehead atoms. The molecule has 1 aliphatic rings. The van der Waals surface area contributed by atoms with Crippen LogP contribution >= 0.6 is 12.2 Å². The molecule has 3 aromatic heterocycles.